The monoisotopic (exact) mass is 263 g/mol. The third kappa shape index (κ3) is 3.01. The highest BCUT2D eigenvalue weighted by atomic mass is 32.1. The topological polar surface area (TPSA) is 93.8 Å². The molecule has 3 N–H and O–H groups in total. The van der Waals surface area contributed by atoms with Gasteiger partial charge in [-0.3, -0.25) is 4.79 Å². The fourth-order valence-corrected chi connectivity index (χ4v) is 2.11. The Bertz CT molecular complexity index is 537. The summed E-state index contributed by atoms with van der Waals surface area (Å²) in [4.78, 5) is 17.1. The van der Waals surface area contributed by atoms with Crippen molar-refractivity contribution in [1.29, 1.82) is 0 Å². The summed E-state index contributed by atoms with van der Waals surface area (Å²) in [6, 6.07) is 3.08. The van der Waals surface area contributed by atoms with Gasteiger partial charge in [0.15, 0.2) is 5.69 Å². The highest BCUT2D eigenvalue weighted by Gasteiger charge is 2.08. The predicted octanol–water partition coefficient (Wildman–Crippen LogP) is 1.01. The van der Waals surface area contributed by atoms with Gasteiger partial charge in [-0.25, -0.2) is 4.98 Å². The summed E-state index contributed by atoms with van der Waals surface area (Å²) in [7, 11) is 0. The van der Waals surface area contributed by atoms with Crippen LogP contribution in [-0.4, -0.2) is 21.1 Å². The molecule has 2 aromatic rings. The number of hydrogen-bond donors (Lipinski definition) is 2. The number of nitrogen functional groups attached to an aromatic ring is 1. The average Bonchev–Trinajstić information content (AvgIpc) is 2.85. The first-order chi connectivity index (χ1) is 8.69. The standard InChI is InChI=1S/C11H13N5OS/c1-2-7-5-13-10(18-7)6-14-11(17)8-3-4-9(12)16-15-8/h3-5H,2,6H2,1H3,(H2,12,16)(H,14,17). The largest absolute Gasteiger partial charge is 0.382 e. The van der Waals surface area contributed by atoms with Crippen LogP contribution in [0.15, 0.2) is 18.3 Å². The number of carbonyl (C=O) groups is 1. The molecule has 0 aliphatic carbocycles. The first-order valence-electron chi connectivity index (χ1n) is 5.50. The van der Waals surface area contributed by atoms with Crippen LogP contribution in [-0.2, 0) is 13.0 Å². The number of thiazole rings is 1. The van der Waals surface area contributed by atoms with Crippen LogP contribution in [0.3, 0.4) is 0 Å². The lowest BCUT2D eigenvalue weighted by Gasteiger charge is -2.01. The van der Waals surface area contributed by atoms with E-state index in [1.807, 2.05) is 6.20 Å². The number of amides is 1. The third-order valence-corrected chi connectivity index (χ3v) is 3.41. The zero-order chi connectivity index (χ0) is 13.0. The van der Waals surface area contributed by atoms with Gasteiger partial charge < -0.3 is 11.1 Å². The van der Waals surface area contributed by atoms with Crippen molar-refractivity contribution in [2.45, 2.75) is 19.9 Å². The molecule has 94 valence electrons. The molecule has 0 atom stereocenters. The zero-order valence-electron chi connectivity index (χ0n) is 9.88. The van der Waals surface area contributed by atoms with Crippen molar-refractivity contribution in [1.82, 2.24) is 20.5 Å². The molecule has 2 heterocycles. The van der Waals surface area contributed by atoms with Crippen LogP contribution in [0.2, 0.25) is 0 Å². The number of aromatic nitrogens is 3. The minimum absolute atomic E-state index is 0.247. The van der Waals surface area contributed by atoms with Gasteiger partial charge in [0.2, 0.25) is 0 Å². The molecule has 0 aliphatic rings. The molecular formula is C11H13N5OS. The van der Waals surface area contributed by atoms with E-state index in [-0.39, 0.29) is 11.6 Å². The third-order valence-electron chi connectivity index (χ3n) is 2.27. The molecule has 1 amide bonds. The van der Waals surface area contributed by atoms with Gasteiger partial charge in [0.1, 0.15) is 10.8 Å². The first-order valence-corrected chi connectivity index (χ1v) is 6.31. The smallest absolute Gasteiger partial charge is 0.272 e. The van der Waals surface area contributed by atoms with Crippen LogP contribution in [0.4, 0.5) is 5.82 Å². The molecule has 0 aliphatic heterocycles. The van der Waals surface area contributed by atoms with Crippen LogP contribution < -0.4 is 11.1 Å². The van der Waals surface area contributed by atoms with Gasteiger partial charge in [0, 0.05) is 11.1 Å². The molecule has 0 radical (unpaired) electrons. The molecule has 7 heteroatoms. The van der Waals surface area contributed by atoms with Gasteiger partial charge in [-0.05, 0) is 18.6 Å². The number of carbonyl (C=O) groups excluding carboxylic acids is 1. The van der Waals surface area contributed by atoms with Crippen molar-refractivity contribution in [3.63, 3.8) is 0 Å². The quantitative estimate of drug-likeness (QED) is 0.858. The average molecular weight is 263 g/mol. The summed E-state index contributed by atoms with van der Waals surface area (Å²) in [6.45, 7) is 2.47. The minimum Gasteiger partial charge on any atom is -0.382 e. The Kier molecular flexibility index (Phi) is 3.83. The van der Waals surface area contributed by atoms with Crippen molar-refractivity contribution < 1.29 is 4.79 Å². The van der Waals surface area contributed by atoms with E-state index in [4.69, 9.17) is 5.73 Å². The molecule has 0 unspecified atom stereocenters. The Balaban J connectivity index is 1.93. The van der Waals surface area contributed by atoms with E-state index in [2.05, 4.69) is 27.4 Å². The van der Waals surface area contributed by atoms with E-state index >= 15 is 0 Å². The summed E-state index contributed by atoms with van der Waals surface area (Å²) < 4.78 is 0. The fraction of sp³-hybridized carbons (Fsp3) is 0.273. The van der Waals surface area contributed by atoms with Gasteiger partial charge in [0.05, 0.1) is 6.54 Å². The highest BCUT2D eigenvalue weighted by Crippen LogP contribution is 2.12. The molecule has 0 aromatic carbocycles. The summed E-state index contributed by atoms with van der Waals surface area (Å²) in [6.07, 6.45) is 2.78. The lowest BCUT2D eigenvalue weighted by Crippen LogP contribution is -2.24. The Morgan fingerprint density at radius 2 is 2.28 bits per heavy atom. The van der Waals surface area contributed by atoms with Gasteiger partial charge >= 0.3 is 0 Å². The first kappa shape index (κ1) is 12.4. The summed E-state index contributed by atoms with van der Waals surface area (Å²) in [5.41, 5.74) is 5.64. The molecule has 18 heavy (non-hydrogen) atoms. The van der Waals surface area contributed by atoms with E-state index in [0.29, 0.717) is 12.4 Å². The van der Waals surface area contributed by atoms with Crippen LogP contribution in [0.5, 0.6) is 0 Å². The normalized spacial score (nSPS) is 10.3. The van der Waals surface area contributed by atoms with E-state index in [9.17, 15) is 4.79 Å². The number of nitrogens with zero attached hydrogens (tertiary/aromatic N) is 3. The van der Waals surface area contributed by atoms with Crippen LogP contribution >= 0.6 is 11.3 Å². The summed E-state index contributed by atoms with van der Waals surface area (Å²) in [5.74, 6) is 0.00908. The van der Waals surface area contributed by atoms with Crippen molar-refractivity contribution in [3.8, 4) is 0 Å². The SMILES string of the molecule is CCc1cnc(CNC(=O)c2ccc(N)nn2)s1. The number of nitrogens with two attached hydrogens (primary N) is 1. The number of aryl methyl sites for hydroxylation is 1. The molecule has 0 fully saturated rings. The van der Waals surface area contributed by atoms with Crippen LogP contribution in [0, 0.1) is 0 Å². The summed E-state index contributed by atoms with van der Waals surface area (Å²) in [5, 5.41) is 11.0. The number of anilines is 1. The lowest BCUT2D eigenvalue weighted by molar-refractivity contribution is 0.0945. The maximum absolute atomic E-state index is 11.7. The second kappa shape index (κ2) is 5.54. The van der Waals surface area contributed by atoms with E-state index < -0.39 is 0 Å². The molecule has 0 spiro atoms. The molecule has 0 saturated heterocycles. The molecular weight excluding hydrogens is 250 g/mol. The lowest BCUT2D eigenvalue weighted by atomic mass is 10.3. The van der Waals surface area contributed by atoms with Crippen LogP contribution in [0.25, 0.3) is 0 Å². The zero-order valence-corrected chi connectivity index (χ0v) is 10.7. The van der Waals surface area contributed by atoms with E-state index in [0.717, 1.165) is 11.4 Å². The Labute approximate surface area is 108 Å². The second-order valence-electron chi connectivity index (χ2n) is 3.60. The molecule has 6 nitrogen and oxygen atoms in total. The number of hydrogen-bond acceptors (Lipinski definition) is 6. The molecule has 2 aromatic heterocycles. The van der Waals surface area contributed by atoms with Gasteiger partial charge in [-0.2, -0.15) is 0 Å². The predicted molar refractivity (Wildman–Crippen MR) is 69.1 cm³/mol. The maximum Gasteiger partial charge on any atom is 0.272 e. The molecule has 0 bridgehead atoms. The Morgan fingerprint density at radius 1 is 1.44 bits per heavy atom. The van der Waals surface area contributed by atoms with Crippen molar-refractivity contribution in [3.05, 3.63) is 33.9 Å². The Morgan fingerprint density at radius 3 is 2.89 bits per heavy atom. The fourth-order valence-electron chi connectivity index (χ4n) is 1.30. The number of rotatable bonds is 4. The van der Waals surface area contributed by atoms with Gasteiger partial charge in [-0.15, -0.1) is 21.5 Å². The van der Waals surface area contributed by atoms with E-state index in [1.54, 1.807) is 17.4 Å². The van der Waals surface area contributed by atoms with E-state index in [1.165, 1.54) is 10.9 Å². The van der Waals surface area contributed by atoms with Gasteiger partial charge in [0.25, 0.3) is 5.91 Å². The second-order valence-corrected chi connectivity index (χ2v) is 4.80. The van der Waals surface area contributed by atoms with Crippen LogP contribution in [0.1, 0.15) is 27.3 Å². The van der Waals surface area contributed by atoms with Crippen molar-refractivity contribution in [2.24, 2.45) is 0 Å². The minimum atomic E-state index is -0.282. The van der Waals surface area contributed by atoms with Crippen molar-refractivity contribution in [2.75, 3.05) is 5.73 Å². The highest BCUT2D eigenvalue weighted by molar-refractivity contribution is 7.11. The maximum atomic E-state index is 11.7. The Hall–Kier alpha value is -2.02. The number of nitrogens with one attached hydrogen (secondary N) is 1. The molecule has 0 saturated carbocycles. The van der Waals surface area contributed by atoms with Crippen molar-refractivity contribution >= 4 is 23.1 Å². The van der Waals surface area contributed by atoms with Gasteiger partial charge in [-0.1, -0.05) is 6.92 Å². The molecule has 2 rings (SSSR count). The summed E-state index contributed by atoms with van der Waals surface area (Å²) >= 11 is 1.59.